The van der Waals surface area contributed by atoms with E-state index < -0.39 is 5.97 Å². The molecule has 0 spiro atoms. The zero-order valence-electron chi connectivity index (χ0n) is 10.9. The number of nitrogens with two attached hydrogens (primary N) is 1. The Labute approximate surface area is 125 Å². The molecule has 0 aliphatic rings. The van der Waals surface area contributed by atoms with Gasteiger partial charge in [-0.25, -0.2) is 4.79 Å². The Morgan fingerprint density at radius 1 is 1.25 bits per heavy atom. The van der Waals surface area contributed by atoms with Crippen molar-refractivity contribution in [1.82, 2.24) is 0 Å². The summed E-state index contributed by atoms with van der Waals surface area (Å²) in [6, 6.07) is 12.4. The van der Waals surface area contributed by atoms with E-state index in [0.29, 0.717) is 17.0 Å². The summed E-state index contributed by atoms with van der Waals surface area (Å²) in [5.41, 5.74) is 7.44. The molecule has 0 bridgehead atoms. The van der Waals surface area contributed by atoms with E-state index in [0.717, 1.165) is 10.0 Å². The number of benzene rings is 2. The number of halogens is 1. The van der Waals surface area contributed by atoms with Crippen LogP contribution >= 0.6 is 15.9 Å². The first-order valence-electron chi connectivity index (χ1n) is 5.94. The van der Waals surface area contributed by atoms with Crippen molar-refractivity contribution in [2.45, 2.75) is 6.61 Å². The number of hydrogen-bond donors (Lipinski definition) is 1. The number of anilines is 1. The van der Waals surface area contributed by atoms with Gasteiger partial charge in [-0.3, -0.25) is 0 Å². The van der Waals surface area contributed by atoms with Gasteiger partial charge < -0.3 is 15.2 Å². The molecule has 5 heteroatoms. The van der Waals surface area contributed by atoms with Crippen LogP contribution in [0, 0.1) is 0 Å². The maximum Gasteiger partial charge on any atom is 0.338 e. The molecular weight excluding hydrogens is 322 g/mol. The topological polar surface area (TPSA) is 61.5 Å². The Bertz CT molecular complexity index is 628. The summed E-state index contributed by atoms with van der Waals surface area (Å²) in [6.07, 6.45) is 0. The van der Waals surface area contributed by atoms with Gasteiger partial charge in [-0.1, -0.05) is 28.1 Å². The molecule has 2 rings (SSSR count). The highest BCUT2D eigenvalue weighted by Crippen LogP contribution is 2.20. The van der Waals surface area contributed by atoms with E-state index in [4.69, 9.17) is 15.2 Å². The number of nitrogen functional groups attached to an aromatic ring is 1. The van der Waals surface area contributed by atoms with Crippen LogP contribution in [-0.2, 0) is 11.3 Å². The van der Waals surface area contributed by atoms with Gasteiger partial charge in [0.2, 0.25) is 0 Å². The predicted molar refractivity (Wildman–Crippen MR) is 80.7 cm³/mol. The van der Waals surface area contributed by atoms with Gasteiger partial charge in [0.1, 0.15) is 12.4 Å². The third kappa shape index (κ3) is 3.74. The van der Waals surface area contributed by atoms with Crippen molar-refractivity contribution in [2.24, 2.45) is 0 Å². The molecule has 0 aliphatic carbocycles. The number of carbonyl (C=O) groups is 1. The predicted octanol–water partition coefficient (Wildman–Crippen LogP) is 3.40. The van der Waals surface area contributed by atoms with Gasteiger partial charge in [0.15, 0.2) is 0 Å². The summed E-state index contributed by atoms with van der Waals surface area (Å²) < 4.78 is 11.3. The normalized spacial score (nSPS) is 10.1. The lowest BCUT2D eigenvalue weighted by atomic mass is 10.2. The number of carbonyl (C=O) groups excluding carboxylic acids is 1. The highest BCUT2D eigenvalue weighted by Gasteiger charge is 2.10. The monoisotopic (exact) mass is 335 g/mol. The zero-order valence-corrected chi connectivity index (χ0v) is 12.5. The lowest BCUT2D eigenvalue weighted by Gasteiger charge is -2.08. The average molecular weight is 336 g/mol. The summed E-state index contributed by atoms with van der Waals surface area (Å²) in [4.78, 5) is 12.0. The van der Waals surface area contributed by atoms with Gasteiger partial charge >= 0.3 is 5.97 Å². The molecule has 0 aliphatic heterocycles. The Hall–Kier alpha value is -2.01. The van der Waals surface area contributed by atoms with Crippen molar-refractivity contribution >= 4 is 27.6 Å². The first-order chi connectivity index (χ1) is 9.58. The van der Waals surface area contributed by atoms with Gasteiger partial charge in [-0.15, -0.1) is 0 Å². The Kier molecular flexibility index (Phi) is 4.63. The van der Waals surface area contributed by atoms with Crippen LogP contribution < -0.4 is 10.5 Å². The quantitative estimate of drug-likeness (QED) is 0.687. The minimum absolute atomic E-state index is 0.204. The molecule has 0 heterocycles. The highest BCUT2D eigenvalue weighted by atomic mass is 79.9. The summed E-state index contributed by atoms with van der Waals surface area (Å²) in [7, 11) is 1.52. The lowest BCUT2D eigenvalue weighted by molar-refractivity contribution is 0.0472. The van der Waals surface area contributed by atoms with Crippen LogP contribution in [-0.4, -0.2) is 13.1 Å². The van der Waals surface area contributed by atoms with Crippen molar-refractivity contribution in [3.05, 3.63) is 58.1 Å². The molecule has 0 amide bonds. The first kappa shape index (κ1) is 14.4. The molecule has 0 saturated carbocycles. The van der Waals surface area contributed by atoms with E-state index in [1.54, 1.807) is 18.2 Å². The smallest absolute Gasteiger partial charge is 0.338 e. The molecule has 2 N–H and O–H groups in total. The van der Waals surface area contributed by atoms with Gasteiger partial charge in [0.25, 0.3) is 0 Å². The van der Waals surface area contributed by atoms with E-state index in [1.807, 2.05) is 24.3 Å². The fourth-order valence-electron chi connectivity index (χ4n) is 1.72. The Morgan fingerprint density at radius 2 is 2.05 bits per heavy atom. The Balaban J connectivity index is 2.07. The second-order valence-corrected chi connectivity index (χ2v) is 5.12. The van der Waals surface area contributed by atoms with Gasteiger partial charge in [-0.05, 0) is 29.8 Å². The molecule has 4 nitrogen and oxygen atoms in total. The Morgan fingerprint density at radius 3 is 2.75 bits per heavy atom. The number of esters is 1. The largest absolute Gasteiger partial charge is 0.497 e. The molecule has 104 valence electrons. The maximum absolute atomic E-state index is 12.0. The SMILES string of the molecule is COc1cc(N)cc(C(=O)OCc2cccc(Br)c2)c1. The molecule has 2 aromatic carbocycles. The second-order valence-electron chi connectivity index (χ2n) is 4.20. The standard InChI is InChI=1S/C15H14BrNO3/c1-19-14-7-11(6-13(17)8-14)15(18)20-9-10-3-2-4-12(16)5-10/h2-8H,9,17H2,1H3. The van der Waals surface area contributed by atoms with Crippen molar-refractivity contribution in [3.8, 4) is 5.75 Å². The highest BCUT2D eigenvalue weighted by molar-refractivity contribution is 9.10. The van der Waals surface area contributed by atoms with Gasteiger partial charge in [0, 0.05) is 16.2 Å². The van der Waals surface area contributed by atoms with E-state index in [-0.39, 0.29) is 6.61 Å². The van der Waals surface area contributed by atoms with Crippen molar-refractivity contribution in [3.63, 3.8) is 0 Å². The second kappa shape index (κ2) is 6.43. The molecule has 20 heavy (non-hydrogen) atoms. The van der Waals surface area contributed by atoms with Crippen LogP contribution in [0.4, 0.5) is 5.69 Å². The third-order valence-electron chi connectivity index (χ3n) is 2.66. The number of hydrogen-bond acceptors (Lipinski definition) is 4. The van der Waals surface area contributed by atoms with E-state index in [9.17, 15) is 4.79 Å². The minimum atomic E-state index is -0.435. The molecule has 0 unspecified atom stereocenters. The van der Waals surface area contributed by atoms with Crippen LogP contribution in [0.3, 0.4) is 0 Å². The molecular formula is C15H14BrNO3. The fraction of sp³-hybridized carbons (Fsp3) is 0.133. The number of rotatable bonds is 4. The molecule has 2 aromatic rings. The molecule has 0 saturated heterocycles. The van der Waals surface area contributed by atoms with Gasteiger partial charge in [-0.2, -0.15) is 0 Å². The molecule has 0 fully saturated rings. The van der Waals surface area contributed by atoms with Crippen LogP contribution in [0.2, 0.25) is 0 Å². The minimum Gasteiger partial charge on any atom is -0.497 e. The summed E-state index contributed by atoms with van der Waals surface area (Å²) >= 11 is 3.37. The van der Waals surface area contributed by atoms with Crippen molar-refractivity contribution in [1.29, 1.82) is 0 Å². The van der Waals surface area contributed by atoms with Crippen LogP contribution in [0.15, 0.2) is 46.9 Å². The molecule has 0 radical (unpaired) electrons. The lowest BCUT2D eigenvalue weighted by Crippen LogP contribution is -2.06. The van der Waals surface area contributed by atoms with Crippen molar-refractivity contribution < 1.29 is 14.3 Å². The van der Waals surface area contributed by atoms with Crippen LogP contribution in [0.1, 0.15) is 15.9 Å². The van der Waals surface area contributed by atoms with Crippen LogP contribution in [0.5, 0.6) is 5.75 Å². The van der Waals surface area contributed by atoms with Crippen molar-refractivity contribution in [2.75, 3.05) is 12.8 Å². The number of methoxy groups -OCH3 is 1. The zero-order chi connectivity index (χ0) is 14.5. The average Bonchev–Trinajstić information content (AvgIpc) is 2.44. The maximum atomic E-state index is 12.0. The summed E-state index contributed by atoms with van der Waals surface area (Å²) in [5.74, 6) is 0.0926. The van der Waals surface area contributed by atoms with E-state index >= 15 is 0 Å². The summed E-state index contributed by atoms with van der Waals surface area (Å²) in [6.45, 7) is 0.204. The third-order valence-corrected chi connectivity index (χ3v) is 3.15. The van der Waals surface area contributed by atoms with E-state index in [2.05, 4.69) is 15.9 Å². The van der Waals surface area contributed by atoms with E-state index in [1.165, 1.54) is 7.11 Å². The van der Waals surface area contributed by atoms with Gasteiger partial charge in [0.05, 0.1) is 12.7 Å². The van der Waals surface area contributed by atoms with Crippen LogP contribution in [0.25, 0.3) is 0 Å². The first-order valence-corrected chi connectivity index (χ1v) is 6.74. The number of ether oxygens (including phenoxy) is 2. The fourth-order valence-corrected chi connectivity index (χ4v) is 2.16. The summed E-state index contributed by atoms with van der Waals surface area (Å²) in [5, 5.41) is 0. The molecule has 0 atom stereocenters. The molecule has 0 aromatic heterocycles.